The zero-order valence-corrected chi connectivity index (χ0v) is 12.2. The van der Waals surface area contributed by atoms with Gasteiger partial charge in [-0.3, -0.25) is 0 Å². The van der Waals surface area contributed by atoms with Crippen LogP contribution < -0.4 is 4.74 Å². The van der Waals surface area contributed by atoms with Crippen LogP contribution in [0.5, 0.6) is 5.75 Å². The molecular weight excluding hydrogens is 276 g/mol. The maximum absolute atomic E-state index is 11.2. The van der Waals surface area contributed by atoms with Gasteiger partial charge in [0.2, 0.25) is 0 Å². The van der Waals surface area contributed by atoms with Crippen LogP contribution in [0, 0.1) is 6.92 Å². The maximum Gasteiger partial charge on any atom is 0.261 e. The molecule has 1 unspecified atom stereocenters. The fourth-order valence-corrected chi connectivity index (χ4v) is 2.30. The summed E-state index contributed by atoms with van der Waals surface area (Å²) in [7, 11) is 3.22. The molecule has 0 aliphatic heterocycles. The topological polar surface area (TPSA) is 52.6 Å². The number of halogens is 1. The minimum absolute atomic E-state index is 0.00195. The van der Waals surface area contributed by atoms with Gasteiger partial charge < -0.3 is 9.47 Å². The quantitative estimate of drug-likeness (QED) is 0.757. The second kappa shape index (κ2) is 6.41. The van der Waals surface area contributed by atoms with Crippen molar-refractivity contribution in [1.29, 1.82) is 0 Å². The highest BCUT2D eigenvalue weighted by atomic mass is 35.7. The molecule has 1 aromatic rings. The first-order chi connectivity index (χ1) is 8.34. The van der Waals surface area contributed by atoms with Gasteiger partial charge >= 0.3 is 0 Å². The van der Waals surface area contributed by atoms with Crippen molar-refractivity contribution in [2.45, 2.75) is 31.3 Å². The van der Waals surface area contributed by atoms with Gasteiger partial charge in [0.15, 0.2) is 0 Å². The van der Waals surface area contributed by atoms with Crippen LogP contribution in [0.2, 0.25) is 0 Å². The van der Waals surface area contributed by atoms with Gasteiger partial charge in [-0.05, 0) is 37.6 Å². The van der Waals surface area contributed by atoms with Crippen LogP contribution in [0.4, 0.5) is 0 Å². The lowest BCUT2D eigenvalue weighted by molar-refractivity contribution is 0.134. The normalized spacial score (nSPS) is 13.3. The summed E-state index contributed by atoms with van der Waals surface area (Å²) in [5, 5.41) is 0. The van der Waals surface area contributed by atoms with Crippen LogP contribution in [-0.4, -0.2) is 28.2 Å². The van der Waals surface area contributed by atoms with Crippen LogP contribution in [0.25, 0.3) is 0 Å². The van der Waals surface area contributed by atoms with Gasteiger partial charge in [-0.2, -0.15) is 0 Å². The summed E-state index contributed by atoms with van der Waals surface area (Å²) in [4.78, 5) is 0.0820. The van der Waals surface area contributed by atoms with Gasteiger partial charge in [-0.25, -0.2) is 8.42 Å². The Hall–Kier alpha value is -0.780. The van der Waals surface area contributed by atoms with E-state index in [1.54, 1.807) is 20.1 Å². The molecule has 4 nitrogen and oxygen atoms in total. The molecule has 1 atom stereocenters. The second-order valence-corrected chi connectivity index (χ2v) is 6.64. The van der Waals surface area contributed by atoms with Gasteiger partial charge in [0, 0.05) is 30.8 Å². The third kappa shape index (κ3) is 4.48. The molecule has 0 aromatic heterocycles. The Labute approximate surface area is 112 Å². The highest BCUT2D eigenvalue weighted by Crippen LogP contribution is 2.25. The number of benzene rings is 1. The predicted octanol–water partition coefficient (Wildman–Crippen LogP) is 2.73. The average molecular weight is 293 g/mol. The van der Waals surface area contributed by atoms with Crippen molar-refractivity contribution in [3.63, 3.8) is 0 Å². The lowest BCUT2D eigenvalue weighted by Gasteiger charge is -2.16. The van der Waals surface area contributed by atoms with E-state index in [2.05, 4.69) is 0 Å². The van der Waals surface area contributed by atoms with Crippen molar-refractivity contribution >= 4 is 19.7 Å². The molecule has 0 fully saturated rings. The minimum Gasteiger partial charge on any atom is -0.490 e. The highest BCUT2D eigenvalue weighted by molar-refractivity contribution is 8.13. The van der Waals surface area contributed by atoms with Gasteiger partial charge in [-0.15, -0.1) is 0 Å². The van der Waals surface area contributed by atoms with Crippen molar-refractivity contribution in [1.82, 2.24) is 0 Å². The molecule has 0 heterocycles. The van der Waals surface area contributed by atoms with Crippen molar-refractivity contribution in [3.8, 4) is 5.75 Å². The number of hydrogen-bond donors (Lipinski definition) is 0. The third-order valence-corrected chi connectivity index (χ3v) is 3.84. The van der Waals surface area contributed by atoms with Gasteiger partial charge in [-0.1, -0.05) is 0 Å². The third-order valence-electron chi connectivity index (χ3n) is 2.48. The molecule has 0 N–H and O–H groups in total. The fourth-order valence-electron chi connectivity index (χ4n) is 1.47. The van der Waals surface area contributed by atoms with Crippen LogP contribution in [0.3, 0.4) is 0 Å². The Morgan fingerprint density at radius 3 is 2.56 bits per heavy atom. The number of hydrogen-bond acceptors (Lipinski definition) is 4. The van der Waals surface area contributed by atoms with Crippen molar-refractivity contribution < 1.29 is 17.9 Å². The molecule has 0 aliphatic carbocycles. The summed E-state index contributed by atoms with van der Waals surface area (Å²) < 4.78 is 33.0. The van der Waals surface area contributed by atoms with E-state index >= 15 is 0 Å². The zero-order valence-electron chi connectivity index (χ0n) is 10.6. The molecule has 0 saturated carbocycles. The Balaban J connectivity index is 2.80. The van der Waals surface area contributed by atoms with E-state index in [1.165, 1.54) is 12.1 Å². The Bertz CT molecular complexity index is 499. The molecule has 0 bridgehead atoms. The molecule has 102 valence electrons. The first kappa shape index (κ1) is 15.3. The molecule has 0 spiro atoms. The van der Waals surface area contributed by atoms with E-state index in [1.807, 2.05) is 6.92 Å². The van der Waals surface area contributed by atoms with E-state index in [-0.39, 0.29) is 11.0 Å². The molecule has 1 aromatic carbocycles. The molecule has 6 heteroatoms. The van der Waals surface area contributed by atoms with Crippen LogP contribution >= 0.6 is 10.7 Å². The van der Waals surface area contributed by atoms with Gasteiger partial charge in [0.05, 0.1) is 11.0 Å². The lowest BCUT2D eigenvalue weighted by atomic mass is 10.2. The van der Waals surface area contributed by atoms with E-state index in [0.717, 1.165) is 12.0 Å². The Kier molecular flexibility index (Phi) is 5.44. The molecule has 18 heavy (non-hydrogen) atoms. The maximum atomic E-state index is 11.2. The highest BCUT2D eigenvalue weighted by Gasteiger charge is 2.13. The monoisotopic (exact) mass is 292 g/mol. The Morgan fingerprint density at radius 2 is 2.06 bits per heavy atom. The molecule has 0 saturated heterocycles. The molecule has 0 amide bonds. The number of aryl methyl sites for hydroxylation is 1. The predicted molar refractivity (Wildman–Crippen MR) is 70.8 cm³/mol. The smallest absolute Gasteiger partial charge is 0.261 e. The van der Waals surface area contributed by atoms with E-state index < -0.39 is 9.05 Å². The molecule has 0 radical (unpaired) electrons. The van der Waals surface area contributed by atoms with Crippen molar-refractivity contribution in [2.75, 3.05) is 13.7 Å². The molecular formula is C12H17ClO4S. The summed E-state index contributed by atoms with van der Waals surface area (Å²) in [6.07, 6.45) is 0.771. The number of methoxy groups -OCH3 is 1. The van der Waals surface area contributed by atoms with Crippen LogP contribution in [0.1, 0.15) is 18.9 Å². The first-order valence-electron chi connectivity index (χ1n) is 5.55. The molecule has 1 rings (SSSR count). The number of ether oxygens (including phenoxy) is 2. The number of rotatable bonds is 6. The van der Waals surface area contributed by atoms with E-state index in [4.69, 9.17) is 20.2 Å². The second-order valence-electron chi connectivity index (χ2n) is 4.08. The van der Waals surface area contributed by atoms with E-state index in [9.17, 15) is 8.42 Å². The fraction of sp³-hybridized carbons (Fsp3) is 0.500. The Morgan fingerprint density at radius 1 is 1.39 bits per heavy atom. The summed E-state index contributed by atoms with van der Waals surface area (Å²) in [5.41, 5.74) is 0.737. The van der Waals surface area contributed by atoms with Crippen LogP contribution in [-0.2, 0) is 13.8 Å². The summed E-state index contributed by atoms with van der Waals surface area (Å²) in [6.45, 7) is 4.34. The standard InChI is InChI=1S/C12H17ClO4S/c1-9-8-11(18(13,14)15)4-5-12(9)17-10(2)6-7-16-3/h4-5,8,10H,6-7H2,1-3H3. The van der Waals surface area contributed by atoms with Crippen molar-refractivity contribution in [2.24, 2.45) is 0 Å². The summed E-state index contributed by atoms with van der Waals surface area (Å²) >= 11 is 0. The van der Waals surface area contributed by atoms with Gasteiger partial charge in [0.25, 0.3) is 9.05 Å². The van der Waals surface area contributed by atoms with Crippen molar-refractivity contribution in [3.05, 3.63) is 23.8 Å². The molecule has 0 aliphatic rings. The van der Waals surface area contributed by atoms with Gasteiger partial charge in [0.1, 0.15) is 5.75 Å². The first-order valence-corrected chi connectivity index (χ1v) is 7.86. The minimum atomic E-state index is -3.69. The van der Waals surface area contributed by atoms with E-state index in [0.29, 0.717) is 12.4 Å². The lowest BCUT2D eigenvalue weighted by Crippen LogP contribution is -2.14. The summed E-state index contributed by atoms with van der Waals surface area (Å²) in [5.74, 6) is 0.655. The zero-order chi connectivity index (χ0) is 13.8. The largest absolute Gasteiger partial charge is 0.490 e. The average Bonchev–Trinajstić information content (AvgIpc) is 2.27. The summed E-state index contributed by atoms with van der Waals surface area (Å²) in [6, 6.07) is 4.56. The SMILES string of the molecule is COCCC(C)Oc1ccc(S(=O)(=O)Cl)cc1C. The van der Waals surface area contributed by atoms with Crippen LogP contribution in [0.15, 0.2) is 23.1 Å².